The average Bonchev–Trinajstić information content (AvgIpc) is 2.44. The van der Waals surface area contributed by atoms with E-state index in [-0.39, 0.29) is 11.1 Å². The van der Waals surface area contributed by atoms with E-state index in [1.807, 2.05) is 6.07 Å². The van der Waals surface area contributed by atoms with Gasteiger partial charge in [0, 0.05) is 0 Å². The van der Waals surface area contributed by atoms with E-state index in [1.54, 1.807) is 24.3 Å². The number of nitrogens with two attached hydrogens (primary N) is 1. The lowest BCUT2D eigenvalue weighted by molar-refractivity contribution is 0.549. The highest BCUT2D eigenvalue weighted by atomic mass is 35.5. The first-order valence-electron chi connectivity index (χ1n) is 5.87. The number of hydrazine groups is 1. The van der Waals surface area contributed by atoms with Crippen molar-refractivity contribution in [2.45, 2.75) is 12.5 Å². The Morgan fingerprint density at radius 3 is 2.50 bits per heavy atom. The Morgan fingerprint density at radius 1 is 1.10 bits per heavy atom. The van der Waals surface area contributed by atoms with Gasteiger partial charge in [-0.3, -0.25) is 11.3 Å². The highest BCUT2D eigenvalue weighted by Crippen LogP contribution is 2.29. The molecule has 2 nitrogen and oxygen atoms in total. The van der Waals surface area contributed by atoms with Crippen LogP contribution in [0.4, 0.5) is 4.39 Å². The van der Waals surface area contributed by atoms with Crippen LogP contribution in [0.15, 0.2) is 36.4 Å². The predicted molar refractivity (Wildman–Crippen MR) is 81.6 cm³/mol. The molecule has 1 atom stereocenters. The van der Waals surface area contributed by atoms with Gasteiger partial charge < -0.3 is 0 Å². The van der Waals surface area contributed by atoms with Gasteiger partial charge in [-0.25, -0.2) is 4.39 Å². The number of hydrogen-bond donors (Lipinski definition) is 2. The zero-order valence-electron chi connectivity index (χ0n) is 10.3. The number of nitrogens with one attached hydrogen (secondary N) is 1. The number of benzene rings is 2. The van der Waals surface area contributed by atoms with Crippen LogP contribution in [0.3, 0.4) is 0 Å². The van der Waals surface area contributed by atoms with E-state index >= 15 is 0 Å². The van der Waals surface area contributed by atoms with Gasteiger partial charge in [0.2, 0.25) is 0 Å². The van der Waals surface area contributed by atoms with Crippen LogP contribution >= 0.6 is 34.8 Å². The molecule has 6 heteroatoms. The zero-order chi connectivity index (χ0) is 14.7. The molecule has 0 amide bonds. The first kappa shape index (κ1) is 15.5. The second-order valence-corrected chi connectivity index (χ2v) is 5.50. The molecule has 106 valence electrons. The molecule has 0 heterocycles. The summed E-state index contributed by atoms with van der Waals surface area (Å²) < 4.78 is 13.4. The summed E-state index contributed by atoms with van der Waals surface area (Å²) in [5, 5.41) is 1.01. The molecule has 0 aromatic heterocycles. The molecule has 0 spiro atoms. The van der Waals surface area contributed by atoms with E-state index in [2.05, 4.69) is 5.43 Å². The Kier molecular flexibility index (Phi) is 5.24. The largest absolute Gasteiger partial charge is 0.271 e. The van der Waals surface area contributed by atoms with Crippen molar-refractivity contribution in [2.24, 2.45) is 5.84 Å². The van der Waals surface area contributed by atoms with Crippen LogP contribution < -0.4 is 11.3 Å². The molecule has 20 heavy (non-hydrogen) atoms. The van der Waals surface area contributed by atoms with Crippen LogP contribution in [-0.4, -0.2) is 0 Å². The van der Waals surface area contributed by atoms with Crippen LogP contribution in [0.25, 0.3) is 0 Å². The van der Waals surface area contributed by atoms with E-state index in [9.17, 15) is 4.39 Å². The monoisotopic (exact) mass is 332 g/mol. The van der Waals surface area contributed by atoms with Gasteiger partial charge in [-0.1, -0.05) is 53.0 Å². The molecular formula is C14H12Cl3FN2. The van der Waals surface area contributed by atoms with Crippen LogP contribution in [0.1, 0.15) is 17.2 Å². The molecule has 2 aromatic rings. The molecule has 0 saturated carbocycles. The third-order valence-corrected chi connectivity index (χ3v) is 4.17. The van der Waals surface area contributed by atoms with Gasteiger partial charge in [0.25, 0.3) is 0 Å². The highest BCUT2D eigenvalue weighted by molar-refractivity contribution is 6.42. The third kappa shape index (κ3) is 3.43. The summed E-state index contributed by atoms with van der Waals surface area (Å²) >= 11 is 17.8. The molecule has 2 aromatic carbocycles. The maximum atomic E-state index is 13.4. The molecular weight excluding hydrogens is 322 g/mol. The van der Waals surface area contributed by atoms with Crippen molar-refractivity contribution in [2.75, 3.05) is 0 Å². The topological polar surface area (TPSA) is 38.0 Å². The SMILES string of the molecule is NNC(Cc1cccc(F)c1Cl)c1ccc(Cl)c(Cl)c1. The standard InChI is InChI=1S/C14H12Cl3FN2/c15-10-5-4-8(6-11(10)16)13(20-19)7-9-2-1-3-12(18)14(9)17/h1-6,13,20H,7,19H2. The first-order chi connectivity index (χ1) is 9.52. The van der Waals surface area contributed by atoms with E-state index < -0.39 is 5.82 Å². The van der Waals surface area contributed by atoms with Gasteiger partial charge in [-0.2, -0.15) is 0 Å². The Hall–Kier alpha value is -0.840. The van der Waals surface area contributed by atoms with Gasteiger partial charge in [0.05, 0.1) is 21.1 Å². The van der Waals surface area contributed by atoms with Crippen molar-refractivity contribution in [1.29, 1.82) is 0 Å². The van der Waals surface area contributed by atoms with Crippen LogP contribution in [0.5, 0.6) is 0 Å². The number of hydrogen-bond acceptors (Lipinski definition) is 2. The van der Waals surface area contributed by atoms with Crippen molar-refractivity contribution in [3.63, 3.8) is 0 Å². The second-order valence-electron chi connectivity index (χ2n) is 4.31. The minimum absolute atomic E-state index is 0.104. The lowest BCUT2D eigenvalue weighted by Crippen LogP contribution is -2.29. The van der Waals surface area contributed by atoms with Crippen molar-refractivity contribution < 1.29 is 4.39 Å². The Labute approximate surface area is 131 Å². The Bertz CT molecular complexity index is 619. The fourth-order valence-corrected chi connectivity index (χ4v) is 2.44. The number of rotatable bonds is 4. The van der Waals surface area contributed by atoms with Crippen molar-refractivity contribution in [3.05, 3.63) is 68.4 Å². The molecule has 0 aliphatic carbocycles. The number of halogens is 4. The fourth-order valence-electron chi connectivity index (χ4n) is 1.93. The van der Waals surface area contributed by atoms with Crippen molar-refractivity contribution >= 4 is 34.8 Å². The zero-order valence-corrected chi connectivity index (χ0v) is 12.6. The summed E-state index contributed by atoms with van der Waals surface area (Å²) in [6.07, 6.45) is 0.436. The molecule has 0 bridgehead atoms. The predicted octanol–water partition coefficient (Wildman–Crippen LogP) is 4.53. The van der Waals surface area contributed by atoms with Crippen LogP contribution in [0, 0.1) is 5.82 Å². The van der Waals surface area contributed by atoms with E-state index in [0.717, 1.165) is 5.56 Å². The molecule has 0 radical (unpaired) electrons. The minimum atomic E-state index is -0.450. The first-order valence-corrected chi connectivity index (χ1v) is 7.00. The minimum Gasteiger partial charge on any atom is -0.271 e. The summed E-state index contributed by atoms with van der Waals surface area (Å²) in [6.45, 7) is 0. The van der Waals surface area contributed by atoms with Gasteiger partial charge in [-0.15, -0.1) is 0 Å². The molecule has 0 aliphatic rings. The maximum Gasteiger partial charge on any atom is 0.142 e. The van der Waals surface area contributed by atoms with E-state index in [4.69, 9.17) is 40.6 Å². The molecule has 0 saturated heterocycles. The molecule has 0 aliphatic heterocycles. The molecule has 0 fully saturated rings. The quantitative estimate of drug-likeness (QED) is 0.637. The molecule has 1 unspecified atom stereocenters. The Morgan fingerprint density at radius 2 is 1.85 bits per heavy atom. The van der Waals surface area contributed by atoms with Crippen LogP contribution in [-0.2, 0) is 6.42 Å². The summed E-state index contributed by atoms with van der Waals surface area (Å²) in [5.41, 5.74) is 4.19. The van der Waals surface area contributed by atoms with E-state index in [0.29, 0.717) is 22.0 Å². The van der Waals surface area contributed by atoms with Gasteiger partial charge >= 0.3 is 0 Å². The second kappa shape index (κ2) is 6.74. The molecule has 2 rings (SSSR count). The van der Waals surface area contributed by atoms with Gasteiger partial charge in [-0.05, 0) is 35.7 Å². The lowest BCUT2D eigenvalue weighted by atomic mass is 9.99. The summed E-state index contributed by atoms with van der Waals surface area (Å²) in [5.74, 6) is 5.12. The average molecular weight is 334 g/mol. The normalized spacial score (nSPS) is 12.4. The van der Waals surface area contributed by atoms with Crippen molar-refractivity contribution in [3.8, 4) is 0 Å². The third-order valence-electron chi connectivity index (χ3n) is 3.00. The van der Waals surface area contributed by atoms with Gasteiger partial charge in [0.15, 0.2) is 0 Å². The maximum absolute atomic E-state index is 13.4. The summed E-state index contributed by atoms with van der Waals surface area (Å²) in [6, 6.07) is 9.66. The summed E-state index contributed by atoms with van der Waals surface area (Å²) in [7, 11) is 0. The highest BCUT2D eigenvalue weighted by Gasteiger charge is 2.15. The van der Waals surface area contributed by atoms with Crippen LogP contribution in [0.2, 0.25) is 15.1 Å². The molecule has 3 N–H and O–H groups in total. The fraction of sp³-hybridized carbons (Fsp3) is 0.143. The lowest BCUT2D eigenvalue weighted by Gasteiger charge is -2.18. The van der Waals surface area contributed by atoms with Gasteiger partial charge in [0.1, 0.15) is 5.82 Å². The Balaban J connectivity index is 2.28. The van der Waals surface area contributed by atoms with E-state index in [1.165, 1.54) is 6.07 Å². The smallest absolute Gasteiger partial charge is 0.142 e. The summed E-state index contributed by atoms with van der Waals surface area (Å²) in [4.78, 5) is 0. The van der Waals surface area contributed by atoms with Crippen molar-refractivity contribution in [1.82, 2.24) is 5.43 Å².